The molecular weight excluding hydrogens is 772 g/mol. The Morgan fingerprint density at radius 3 is 2.22 bits per heavy atom. The van der Waals surface area contributed by atoms with Crippen molar-refractivity contribution >= 4 is 53.7 Å². The topological polar surface area (TPSA) is 186 Å². The third kappa shape index (κ3) is 8.46. The first kappa shape index (κ1) is 41.5. The second-order valence-electron chi connectivity index (χ2n) is 17.3. The summed E-state index contributed by atoms with van der Waals surface area (Å²) in [4.78, 5) is 71.4. The molecule has 2 saturated heterocycles. The van der Waals surface area contributed by atoms with E-state index in [9.17, 15) is 28.7 Å². The van der Waals surface area contributed by atoms with Crippen LogP contribution in [0, 0.1) is 11.8 Å². The van der Waals surface area contributed by atoms with E-state index in [1.54, 1.807) is 20.0 Å². The lowest BCUT2D eigenvalue weighted by Gasteiger charge is -2.30. The van der Waals surface area contributed by atoms with Gasteiger partial charge in [-0.3, -0.25) is 14.4 Å². The van der Waals surface area contributed by atoms with E-state index in [1.807, 2.05) is 55.1 Å². The number of ether oxygens (including phenoxy) is 1. The number of alkyl carbamates (subject to hydrolysis) is 1. The second-order valence-corrected chi connectivity index (χ2v) is 22.3. The normalized spacial score (nSPS) is 20.1. The number of aliphatic hydroxyl groups is 1. The quantitative estimate of drug-likeness (QED) is 0.100. The van der Waals surface area contributed by atoms with Crippen molar-refractivity contribution in [2.75, 3.05) is 26.4 Å². The van der Waals surface area contributed by atoms with Gasteiger partial charge in [-0.1, -0.05) is 83.3 Å². The lowest BCUT2D eigenvalue weighted by molar-refractivity contribution is -0.139. The molecule has 0 bridgehead atoms. The maximum Gasteiger partial charge on any atom is 0.407 e. The number of halogens is 1. The minimum atomic E-state index is -1.77. The molecule has 5 atom stereocenters. The van der Waals surface area contributed by atoms with Gasteiger partial charge in [-0.05, 0) is 52.1 Å². The first-order valence-electron chi connectivity index (χ1n) is 20.1. The Bertz CT molecular complexity index is 2380. The van der Waals surface area contributed by atoms with E-state index in [-0.39, 0.29) is 36.8 Å². The van der Waals surface area contributed by atoms with Gasteiger partial charge in [0, 0.05) is 18.0 Å². The predicted molar refractivity (Wildman–Crippen MR) is 225 cm³/mol. The summed E-state index contributed by atoms with van der Waals surface area (Å²) in [5, 5.41) is 16.5. The van der Waals surface area contributed by atoms with Gasteiger partial charge in [0.15, 0.2) is 0 Å². The molecule has 59 heavy (non-hydrogen) atoms. The van der Waals surface area contributed by atoms with Gasteiger partial charge in [-0.25, -0.2) is 19.2 Å². The van der Waals surface area contributed by atoms with Gasteiger partial charge in [0.1, 0.15) is 36.5 Å². The van der Waals surface area contributed by atoms with E-state index in [0.717, 1.165) is 50.5 Å². The summed E-state index contributed by atoms with van der Waals surface area (Å²) >= 11 is 0. The molecule has 2 aliphatic rings. The molecule has 14 nitrogen and oxygen atoms in total. The minimum absolute atomic E-state index is 0.0790. The number of aromatic nitrogens is 4. The minimum Gasteiger partial charge on any atom is -0.453 e. The molecule has 312 valence electrons. The zero-order valence-corrected chi connectivity index (χ0v) is 35.5. The van der Waals surface area contributed by atoms with E-state index in [2.05, 4.69) is 51.9 Å². The number of hydrogen-bond donors (Lipinski definition) is 5. The monoisotopic (exact) mass is 824 g/mol. The highest BCUT2D eigenvalue weighted by molar-refractivity contribution is 6.78. The third-order valence-corrected chi connectivity index (χ3v) is 14.3. The fourth-order valence-electron chi connectivity index (χ4n) is 8.48. The number of fused-ring (bicyclic) bond motifs is 3. The lowest BCUT2D eigenvalue weighted by atomic mass is 9.99. The summed E-state index contributed by atoms with van der Waals surface area (Å²) in [6, 6.07) is 16.7. The average Bonchev–Trinajstić information content (AvgIpc) is 4.02. The number of aromatic amines is 2. The van der Waals surface area contributed by atoms with Crippen LogP contribution >= 0.6 is 0 Å². The highest BCUT2D eigenvalue weighted by atomic mass is 28.3. The molecule has 2 fully saturated rings. The van der Waals surface area contributed by atoms with Crippen LogP contribution in [0.5, 0.6) is 0 Å². The SMILES string of the molecule is COC(=O)N[C@H](C(=O)N1C[Si](C)(C)C[C@H]1c1ncc(-c2ccc(-c3ccc4c(ccc5nc([C@@H]6CC(F)CN6C(=O)[C@@H](NC(=O)CO)C(C)C)[nH]c54)c3)cc2)[nH]1)C(C)C. The number of rotatable bonds is 11. The molecule has 5 aromatic rings. The largest absolute Gasteiger partial charge is 0.453 e. The van der Waals surface area contributed by atoms with E-state index in [4.69, 9.17) is 14.7 Å². The number of nitrogens with zero attached hydrogens (tertiary/aromatic N) is 4. The van der Waals surface area contributed by atoms with Crippen LogP contribution in [0.25, 0.3) is 44.2 Å². The summed E-state index contributed by atoms with van der Waals surface area (Å²) < 4.78 is 19.7. The molecule has 4 heterocycles. The van der Waals surface area contributed by atoms with Crippen molar-refractivity contribution < 1.29 is 33.4 Å². The molecule has 7 rings (SSSR count). The molecule has 0 aliphatic carbocycles. The number of likely N-dealkylation sites (tertiary alicyclic amines) is 1. The zero-order valence-electron chi connectivity index (χ0n) is 34.5. The van der Waals surface area contributed by atoms with Crippen LogP contribution in [-0.4, -0.2) is 111 Å². The van der Waals surface area contributed by atoms with Crippen LogP contribution in [0.3, 0.4) is 0 Å². The molecular formula is C43H53FN8O6Si. The van der Waals surface area contributed by atoms with E-state index >= 15 is 0 Å². The Morgan fingerprint density at radius 1 is 0.881 bits per heavy atom. The van der Waals surface area contributed by atoms with Gasteiger partial charge in [0.2, 0.25) is 17.7 Å². The number of hydrogen-bond acceptors (Lipinski definition) is 8. The fraction of sp³-hybridized carbons (Fsp3) is 0.442. The van der Waals surface area contributed by atoms with Crippen molar-refractivity contribution in [1.29, 1.82) is 0 Å². The second kappa shape index (κ2) is 16.6. The van der Waals surface area contributed by atoms with Crippen molar-refractivity contribution in [3.8, 4) is 22.4 Å². The van der Waals surface area contributed by atoms with Crippen LogP contribution in [-0.2, 0) is 19.1 Å². The van der Waals surface area contributed by atoms with Gasteiger partial charge in [0.05, 0.1) is 56.7 Å². The van der Waals surface area contributed by atoms with Crippen LogP contribution in [0.1, 0.15) is 57.8 Å². The maximum atomic E-state index is 14.9. The number of benzene rings is 3. The number of carbonyl (C=O) groups excluding carboxylic acids is 4. The van der Waals surface area contributed by atoms with Gasteiger partial charge >= 0.3 is 6.09 Å². The molecule has 0 spiro atoms. The van der Waals surface area contributed by atoms with Crippen LogP contribution in [0.2, 0.25) is 19.1 Å². The first-order valence-corrected chi connectivity index (χ1v) is 23.6. The summed E-state index contributed by atoms with van der Waals surface area (Å²) in [7, 11) is -0.479. The molecule has 0 saturated carbocycles. The molecule has 2 aromatic heterocycles. The van der Waals surface area contributed by atoms with Crippen molar-refractivity contribution in [3.05, 3.63) is 72.4 Å². The van der Waals surface area contributed by atoms with Crippen molar-refractivity contribution in [2.24, 2.45) is 11.8 Å². The Labute approximate surface area is 343 Å². The first-order chi connectivity index (χ1) is 28.1. The molecule has 16 heteroatoms. The van der Waals surface area contributed by atoms with Crippen LogP contribution in [0.15, 0.2) is 60.8 Å². The van der Waals surface area contributed by atoms with E-state index < -0.39 is 56.9 Å². The lowest BCUT2D eigenvalue weighted by Crippen LogP contribution is -2.52. The van der Waals surface area contributed by atoms with Crippen molar-refractivity contribution in [1.82, 2.24) is 40.4 Å². The molecule has 0 radical (unpaired) electrons. The van der Waals surface area contributed by atoms with Crippen molar-refractivity contribution in [3.63, 3.8) is 0 Å². The van der Waals surface area contributed by atoms with Gasteiger partial charge < -0.3 is 40.2 Å². The highest BCUT2D eigenvalue weighted by Crippen LogP contribution is 2.39. The molecule has 3 aromatic carbocycles. The van der Waals surface area contributed by atoms with Gasteiger partial charge in [-0.2, -0.15) is 0 Å². The predicted octanol–water partition coefficient (Wildman–Crippen LogP) is 6.03. The smallest absolute Gasteiger partial charge is 0.407 e. The van der Waals surface area contributed by atoms with Gasteiger partial charge in [-0.15, -0.1) is 0 Å². The summed E-state index contributed by atoms with van der Waals surface area (Å²) in [6.07, 6.45) is 0.670. The summed E-state index contributed by atoms with van der Waals surface area (Å²) in [5.74, 6) is -0.407. The zero-order chi connectivity index (χ0) is 42.3. The number of imidazole rings is 2. The number of carbonyl (C=O) groups is 4. The van der Waals surface area contributed by atoms with Crippen molar-refractivity contribution in [2.45, 2.75) is 83.6 Å². The Morgan fingerprint density at radius 2 is 1.54 bits per heavy atom. The number of alkyl halides is 1. The summed E-state index contributed by atoms with van der Waals surface area (Å²) in [6.45, 7) is 11.1. The Hall–Kier alpha value is -5.61. The van der Waals surface area contributed by atoms with E-state index in [0.29, 0.717) is 17.5 Å². The highest BCUT2D eigenvalue weighted by Gasteiger charge is 2.46. The summed E-state index contributed by atoms with van der Waals surface area (Å²) in [5.41, 5.74) is 5.29. The molecule has 1 unspecified atom stereocenters. The molecule has 4 amide bonds. The van der Waals surface area contributed by atoms with Crippen LogP contribution in [0.4, 0.5) is 9.18 Å². The number of aliphatic hydroxyl groups excluding tert-OH is 1. The number of methoxy groups -OCH3 is 1. The average molecular weight is 825 g/mol. The van der Waals surface area contributed by atoms with Gasteiger partial charge in [0.25, 0.3) is 0 Å². The van der Waals surface area contributed by atoms with E-state index in [1.165, 1.54) is 12.0 Å². The number of H-pyrrole nitrogens is 2. The third-order valence-electron chi connectivity index (χ3n) is 11.6. The number of amides is 4. The Balaban J connectivity index is 1.10. The Kier molecular flexibility index (Phi) is 11.7. The fourth-order valence-corrected chi connectivity index (χ4v) is 11.4. The molecule has 2 aliphatic heterocycles. The molecule has 5 N–H and O–H groups in total. The van der Waals surface area contributed by atoms with Crippen LogP contribution < -0.4 is 10.6 Å². The maximum absolute atomic E-state index is 14.9. The standard InChI is InChI=1S/C43H53FN8O6Si/c1-23(2)36(48-35(54)20-53)41(55)51-19-29(44)17-33(51)40-46-31-15-13-28-16-27(12-14-30(28)38(31)49-40)25-8-10-26(11-9-25)32-18-45-39(47-32)34-21-59(6,7)22-52(34)42(56)37(24(3)4)50-43(57)58-5/h8-16,18,23-24,29,33-34,36-37,53H,17,19-22H2,1-7H3,(H,45,47)(H,46,49)(H,48,54)(H,50,57)/t29?,33-,34-,36-,37-/m0/s1. The number of nitrogens with one attached hydrogen (secondary N) is 4.